The molecule has 0 atom stereocenters. The van der Waals surface area contributed by atoms with Crippen LogP contribution < -0.4 is 20.9 Å². The number of para-hydroxylation sites is 1. The Morgan fingerprint density at radius 1 is 1.07 bits per heavy atom. The lowest BCUT2D eigenvalue weighted by molar-refractivity contribution is -0.117. The molecule has 0 unspecified atom stereocenters. The molecule has 11 heteroatoms. The van der Waals surface area contributed by atoms with Crippen molar-refractivity contribution < 1.29 is 19.1 Å². The number of carbonyl (C=O) groups excluding carboxylic acids is 3. The predicted octanol–water partition coefficient (Wildman–Crippen LogP) is 6.35. The summed E-state index contributed by atoms with van der Waals surface area (Å²) in [4.78, 5) is 39.9. The minimum atomic E-state index is -0.297. The zero-order valence-electron chi connectivity index (χ0n) is 23.3. The highest BCUT2D eigenvalue weighted by Gasteiger charge is 2.28. The van der Waals surface area contributed by atoms with Crippen LogP contribution in [0.25, 0.3) is 6.08 Å². The standard InChI is InChI=1S/C31H30Cl2N4O4.ClH/c1-19-28(41-18-24-25(32)13-14-27(31(24)33)36(3)30(40)17-34)16-22-6-4-5-7-26(22)37(19)29(39)15-10-21-8-11-23(12-9-21)35-20(2)38;/h4-15H,16-18,34H2,1-3H3,(H,35,38);1H. The number of rotatable bonds is 8. The topological polar surface area (TPSA) is 105 Å². The van der Waals surface area contributed by atoms with E-state index in [1.165, 1.54) is 17.9 Å². The monoisotopic (exact) mass is 628 g/mol. The van der Waals surface area contributed by atoms with Crippen molar-refractivity contribution in [2.24, 2.45) is 5.73 Å². The number of carbonyl (C=O) groups is 3. The van der Waals surface area contributed by atoms with Gasteiger partial charge in [0.25, 0.3) is 5.91 Å². The lowest BCUT2D eigenvalue weighted by atomic mass is 10.0. The zero-order valence-corrected chi connectivity index (χ0v) is 25.6. The Hall–Kier alpha value is -3.82. The number of nitrogens with zero attached hydrogens (tertiary/aromatic N) is 2. The van der Waals surface area contributed by atoms with E-state index < -0.39 is 0 Å². The maximum atomic E-state index is 13.5. The van der Waals surface area contributed by atoms with Crippen molar-refractivity contribution in [2.45, 2.75) is 26.9 Å². The van der Waals surface area contributed by atoms with Gasteiger partial charge in [0.2, 0.25) is 11.8 Å². The molecule has 0 aliphatic carbocycles. The van der Waals surface area contributed by atoms with Crippen LogP contribution in [0.15, 0.2) is 78.2 Å². The SMILES string of the molecule is CC(=O)Nc1ccc(C=CC(=O)N2C(C)=C(OCc3c(Cl)ccc(N(C)C(=O)CN)c3Cl)Cc3ccccc32)cc1.Cl. The third-order valence-electron chi connectivity index (χ3n) is 6.66. The minimum absolute atomic E-state index is 0. The summed E-state index contributed by atoms with van der Waals surface area (Å²) in [5.41, 5.74) is 10.3. The van der Waals surface area contributed by atoms with E-state index >= 15 is 0 Å². The number of amides is 3. The molecule has 42 heavy (non-hydrogen) atoms. The van der Waals surface area contributed by atoms with Gasteiger partial charge in [0.05, 0.1) is 28.6 Å². The van der Waals surface area contributed by atoms with Crippen molar-refractivity contribution in [1.82, 2.24) is 0 Å². The van der Waals surface area contributed by atoms with E-state index in [1.807, 2.05) is 43.3 Å². The Labute approximate surface area is 261 Å². The molecule has 1 heterocycles. The van der Waals surface area contributed by atoms with Crippen molar-refractivity contribution >= 4 is 76.5 Å². The van der Waals surface area contributed by atoms with Crippen LogP contribution in [0.4, 0.5) is 17.1 Å². The number of likely N-dealkylation sites (N-methyl/N-ethyl adjacent to an activating group) is 1. The third-order valence-corrected chi connectivity index (χ3v) is 7.43. The molecule has 0 radical (unpaired) electrons. The lowest BCUT2D eigenvalue weighted by Crippen LogP contribution is -2.33. The Bertz CT molecular complexity index is 1550. The largest absolute Gasteiger partial charge is 0.491 e. The van der Waals surface area contributed by atoms with E-state index in [-0.39, 0.29) is 48.3 Å². The molecule has 0 spiro atoms. The van der Waals surface area contributed by atoms with Gasteiger partial charge in [-0.3, -0.25) is 19.3 Å². The molecule has 1 aliphatic heterocycles. The van der Waals surface area contributed by atoms with Crippen molar-refractivity contribution in [3.05, 3.63) is 105 Å². The molecule has 3 aromatic carbocycles. The van der Waals surface area contributed by atoms with Gasteiger partial charge < -0.3 is 20.7 Å². The molecule has 0 fully saturated rings. The van der Waals surface area contributed by atoms with Crippen molar-refractivity contribution in [3.63, 3.8) is 0 Å². The van der Waals surface area contributed by atoms with Crippen molar-refractivity contribution in [2.75, 3.05) is 28.7 Å². The first-order valence-corrected chi connectivity index (χ1v) is 13.6. The molecule has 0 bridgehead atoms. The van der Waals surface area contributed by atoms with E-state index in [0.717, 1.165) is 16.8 Å². The van der Waals surface area contributed by atoms with Gasteiger partial charge in [0.15, 0.2) is 0 Å². The van der Waals surface area contributed by atoms with Gasteiger partial charge in [0, 0.05) is 42.7 Å². The number of hydrogen-bond acceptors (Lipinski definition) is 5. The number of anilines is 3. The molecule has 3 aromatic rings. The highest BCUT2D eigenvalue weighted by Crippen LogP contribution is 2.37. The molecule has 8 nitrogen and oxygen atoms in total. The molecule has 220 valence electrons. The Kier molecular flexibility index (Phi) is 11.2. The van der Waals surface area contributed by atoms with Gasteiger partial charge >= 0.3 is 0 Å². The summed E-state index contributed by atoms with van der Waals surface area (Å²) in [7, 11) is 1.59. The molecule has 3 N–H and O–H groups in total. The second-order valence-electron chi connectivity index (χ2n) is 9.43. The van der Waals surface area contributed by atoms with Crippen LogP contribution >= 0.6 is 35.6 Å². The summed E-state index contributed by atoms with van der Waals surface area (Å²) in [5.74, 6) is -0.107. The summed E-state index contributed by atoms with van der Waals surface area (Å²) >= 11 is 13.1. The fraction of sp³-hybridized carbons (Fsp3) is 0.194. The lowest BCUT2D eigenvalue weighted by Gasteiger charge is -2.31. The summed E-state index contributed by atoms with van der Waals surface area (Å²) in [5, 5.41) is 3.40. The summed E-state index contributed by atoms with van der Waals surface area (Å²) in [6.07, 6.45) is 3.69. The fourth-order valence-electron chi connectivity index (χ4n) is 4.45. The van der Waals surface area contributed by atoms with Gasteiger partial charge in [-0.15, -0.1) is 12.4 Å². The van der Waals surface area contributed by atoms with E-state index in [0.29, 0.717) is 39.8 Å². The quantitative estimate of drug-likeness (QED) is 0.283. The molecule has 0 aromatic heterocycles. The summed E-state index contributed by atoms with van der Waals surface area (Å²) < 4.78 is 6.24. The van der Waals surface area contributed by atoms with Crippen molar-refractivity contribution in [3.8, 4) is 0 Å². The second-order valence-corrected chi connectivity index (χ2v) is 10.2. The number of benzene rings is 3. The average Bonchev–Trinajstić information content (AvgIpc) is 2.95. The maximum Gasteiger partial charge on any atom is 0.255 e. The van der Waals surface area contributed by atoms with E-state index in [4.69, 9.17) is 33.7 Å². The third kappa shape index (κ3) is 7.33. The first-order valence-electron chi connectivity index (χ1n) is 12.8. The van der Waals surface area contributed by atoms with Crippen LogP contribution in [-0.4, -0.2) is 31.3 Å². The van der Waals surface area contributed by atoms with Crippen LogP contribution in [0.2, 0.25) is 10.0 Å². The summed E-state index contributed by atoms with van der Waals surface area (Å²) in [6, 6.07) is 18.1. The van der Waals surface area contributed by atoms with Gasteiger partial charge in [-0.2, -0.15) is 0 Å². The number of nitrogens with two attached hydrogens (primary N) is 1. The molecule has 0 saturated heterocycles. The number of halogens is 3. The summed E-state index contributed by atoms with van der Waals surface area (Å²) in [6.45, 7) is 3.14. The molecule has 0 saturated carbocycles. The first-order chi connectivity index (χ1) is 19.6. The van der Waals surface area contributed by atoms with Crippen molar-refractivity contribution in [1.29, 1.82) is 0 Å². The highest BCUT2D eigenvalue weighted by atomic mass is 35.5. The number of ether oxygens (including phenoxy) is 1. The number of hydrogen-bond donors (Lipinski definition) is 2. The second kappa shape index (κ2) is 14.4. The van der Waals surface area contributed by atoms with Gasteiger partial charge in [0.1, 0.15) is 12.4 Å². The van der Waals surface area contributed by atoms with E-state index in [9.17, 15) is 14.4 Å². The molecule has 4 rings (SSSR count). The maximum absolute atomic E-state index is 13.5. The smallest absolute Gasteiger partial charge is 0.255 e. The Balaban J connectivity index is 0.00000484. The minimum Gasteiger partial charge on any atom is -0.491 e. The number of nitrogens with one attached hydrogen (secondary N) is 1. The van der Waals surface area contributed by atoms with Crippen LogP contribution in [0.1, 0.15) is 30.5 Å². The number of allylic oxidation sites excluding steroid dienone is 2. The van der Waals surface area contributed by atoms with Crippen LogP contribution in [-0.2, 0) is 32.1 Å². The highest BCUT2D eigenvalue weighted by molar-refractivity contribution is 6.38. The zero-order chi connectivity index (χ0) is 29.7. The first kappa shape index (κ1) is 32.7. The molecular weight excluding hydrogens is 599 g/mol. The number of fused-ring (bicyclic) bond motifs is 1. The molecular formula is C31H31Cl3N4O4. The van der Waals surface area contributed by atoms with E-state index in [1.54, 1.807) is 42.3 Å². The van der Waals surface area contributed by atoms with Gasteiger partial charge in [-0.1, -0.05) is 53.5 Å². The van der Waals surface area contributed by atoms with Gasteiger partial charge in [-0.05, 0) is 54.5 Å². The van der Waals surface area contributed by atoms with E-state index in [2.05, 4.69) is 5.32 Å². The van der Waals surface area contributed by atoms with Gasteiger partial charge in [-0.25, -0.2) is 0 Å². The Morgan fingerprint density at radius 3 is 2.43 bits per heavy atom. The predicted molar refractivity (Wildman–Crippen MR) is 171 cm³/mol. The van der Waals surface area contributed by atoms with Crippen LogP contribution in [0.3, 0.4) is 0 Å². The van der Waals surface area contributed by atoms with Crippen LogP contribution in [0, 0.1) is 0 Å². The molecule has 1 aliphatic rings. The van der Waals surface area contributed by atoms with Crippen LogP contribution in [0.5, 0.6) is 0 Å². The Morgan fingerprint density at radius 2 is 1.76 bits per heavy atom. The normalized spacial score (nSPS) is 12.5. The fourth-order valence-corrected chi connectivity index (χ4v) is 5.06. The average molecular weight is 630 g/mol. The molecule has 3 amide bonds.